The highest BCUT2D eigenvalue weighted by Gasteiger charge is 2.37. The summed E-state index contributed by atoms with van der Waals surface area (Å²) >= 11 is 3.21. The Morgan fingerprint density at radius 1 is 1.43 bits per heavy atom. The lowest BCUT2D eigenvalue weighted by Crippen LogP contribution is -2.50. The molecule has 0 unspecified atom stereocenters. The van der Waals surface area contributed by atoms with Crippen LogP contribution in [0.5, 0.6) is 0 Å². The van der Waals surface area contributed by atoms with Gasteiger partial charge in [-0.25, -0.2) is 9.78 Å². The first kappa shape index (κ1) is 21.8. The molecule has 1 aromatic carbocycles. The lowest BCUT2D eigenvalue weighted by molar-refractivity contribution is -0.385. The molecule has 1 aromatic heterocycles. The maximum absolute atomic E-state index is 13.0. The molecule has 1 fully saturated rings. The van der Waals surface area contributed by atoms with Crippen molar-refractivity contribution < 1.29 is 19.6 Å². The van der Waals surface area contributed by atoms with Gasteiger partial charge in [0.2, 0.25) is 5.91 Å². The van der Waals surface area contributed by atoms with Crippen LogP contribution in [0.3, 0.4) is 0 Å². The number of hydrogen-bond acceptors (Lipinski definition) is 5. The Kier molecular flexibility index (Phi) is 6.40. The molecule has 30 heavy (non-hydrogen) atoms. The quantitative estimate of drug-likeness (QED) is 0.425. The fourth-order valence-electron chi connectivity index (χ4n) is 3.62. The number of rotatable bonds is 6. The minimum absolute atomic E-state index is 0.0308. The number of H-pyrrole nitrogens is 1. The second-order valence-corrected chi connectivity index (χ2v) is 8.32. The van der Waals surface area contributed by atoms with Crippen molar-refractivity contribution in [1.29, 1.82) is 0 Å². The summed E-state index contributed by atoms with van der Waals surface area (Å²) in [5.41, 5.74) is 1.36. The molecule has 0 aliphatic carbocycles. The monoisotopic (exact) mass is 479 g/mol. The molecular weight excluding hydrogens is 458 g/mol. The molecule has 2 atom stereocenters. The Balaban J connectivity index is 1.83. The molecule has 2 amide bonds. The summed E-state index contributed by atoms with van der Waals surface area (Å²) in [6.07, 6.45) is 1.88. The van der Waals surface area contributed by atoms with Gasteiger partial charge in [0, 0.05) is 18.2 Å². The fourth-order valence-corrected chi connectivity index (χ4v) is 4.14. The zero-order chi connectivity index (χ0) is 22.0. The second-order valence-electron chi connectivity index (χ2n) is 7.47. The van der Waals surface area contributed by atoms with E-state index in [0.29, 0.717) is 29.0 Å². The first-order valence-corrected chi connectivity index (χ1v) is 10.3. The molecule has 11 heteroatoms. The van der Waals surface area contributed by atoms with Crippen LogP contribution in [0.25, 0.3) is 11.3 Å². The fraction of sp³-hybridized carbons (Fsp3) is 0.421. The maximum atomic E-state index is 13.0. The van der Waals surface area contributed by atoms with Gasteiger partial charge in [0.05, 0.1) is 27.3 Å². The summed E-state index contributed by atoms with van der Waals surface area (Å²) in [6.45, 7) is 4.11. The molecular formula is C19H22BrN5O5. The van der Waals surface area contributed by atoms with E-state index in [1.165, 1.54) is 6.07 Å². The Hall–Kier alpha value is -2.95. The number of benzene rings is 1. The van der Waals surface area contributed by atoms with Crippen LogP contribution in [0.15, 0.2) is 28.9 Å². The molecule has 2 aromatic rings. The third-order valence-electron chi connectivity index (χ3n) is 5.11. The van der Waals surface area contributed by atoms with Crippen LogP contribution in [-0.2, 0) is 4.79 Å². The zero-order valence-corrected chi connectivity index (χ0v) is 18.0. The number of aromatic amines is 1. The largest absolute Gasteiger partial charge is 0.465 e. The van der Waals surface area contributed by atoms with Crippen molar-refractivity contribution in [3.05, 3.63) is 44.8 Å². The summed E-state index contributed by atoms with van der Waals surface area (Å²) in [7, 11) is 0. The van der Waals surface area contributed by atoms with E-state index in [9.17, 15) is 19.7 Å². The number of carbonyl (C=O) groups excluding carboxylic acids is 1. The van der Waals surface area contributed by atoms with E-state index < -0.39 is 17.1 Å². The van der Waals surface area contributed by atoms with Crippen molar-refractivity contribution in [2.75, 3.05) is 6.54 Å². The van der Waals surface area contributed by atoms with Crippen LogP contribution in [0.2, 0.25) is 0 Å². The van der Waals surface area contributed by atoms with Crippen LogP contribution in [0.4, 0.5) is 10.5 Å². The number of likely N-dealkylation sites (tertiary alicyclic amines) is 1. The topological polar surface area (TPSA) is 141 Å². The van der Waals surface area contributed by atoms with E-state index in [2.05, 4.69) is 31.2 Å². The number of nitrogens with zero attached hydrogens (tertiary/aromatic N) is 3. The van der Waals surface area contributed by atoms with Crippen molar-refractivity contribution >= 4 is 33.6 Å². The van der Waals surface area contributed by atoms with E-state index in [-0.39, 0.29) is 23.6 Å². The number of hydrogen-bond donors (Lipinski definition) is 3. The Bertz CT molecular complexity index is 976. The highest BCUT2D eigenvalue weighted by Crippen LogP contribution is 2.34. The van der Waals surface area contributed by atoms with Gasteiger partial charge in [0.15, 0.2) is 0 Å². The van der Waals surface area contributed by atoms with E-state index in [0.717, 1.165) is 12.0 Å². The van der Waals surface area contributed by atoms with Crippen LogP contribution in [-0.4, -0.2) is 49.5 Å². The molecule has 0 bridgehead atoms. The minimum Gasteiger partial charge on any atom is -0.465 e. The average Bonchev–Trinajstić information content (AvgIpc) is 3.33. The number of amides is 2. The van der Waals surface area contributed by atoms with Gasteiger partial charge in [-0.05, 0) is 46.8 Å². The second kappa shape index (κ2) is 8.82. The molecule has 10 nitrogen and oxygen atoms in total. The van der Waals surface area contributed by atoms with Gasteiger partial charge in [0.25, 0.3) is 5.69 Å². The number of aromatic nitrogens is 2. The summed E-state index contributed by atoms with van der Waals surface area (Å²) in [4.78, 5) is 43.9. The summed E-state index contributed by atoms with van der Waals surface area (Å²) in [5.74, 6) is 0.133. The minimum atomic E-state index is -1.23. The predicted molar refractivity (Wildman–Crippen MR) is 112 cm³/mol. The van der Waals surface area contributed by atoms with Crippen molar-refractivity contribution in [3.8, 4) is 11.3 Å². The van der Waals surface area contributed by atoms with Gasteiger partial charge in [-0.1, -0.05) is 13.8 Å². The molecule has 3 N–H and O–H groups in total. The molecule has 2 heterocycles. The number of carbonyl (C=O) groups is 2. The summed E-state index contributed by atoms with van der Waals surface area (Å²) in [5, 5.41) is 22.4. The smallest absolute Gasteiger partial charge is 0.405 e. The number of nitrogens with one attached hydrogen (secondary N) is 2. The zero-order valence-electron chi connectivity index (χ0n) is 16.5. The van der Waals surface area contributed by atoms with Crippen LogP contribution in [0.1, 0.15) is 38.6 Å². The van der Waals surface area contributed by atoms with Gasteiger partial charge in [-0.3, -0.25) is 14.9 Å². The number of nitro benzene ring substituents is 1. The van der Waals surface area contributed by atoms with Crippen LogP contribution in [0, 0.1) is 16.0 Å². The molecule has 0 saturated carbocycles. The maximum Gasteiger partial charge on any atom is 0.405 e. The molecule has 1 saturated heterocycles. The lowest BCUT2D eigenvalue weighted by atomic mass is 10.0. The van der Waals surface area contributed by atoms with Crippen LogP contribution < -0.4 is 5.32 Å². The first-order chi connectivity index (χ1) is 14.2. The Labute approximate surface area is 181 Å². The average molecular weight is 480 g/mol. The highest BCUT2D eigenvalue weighted by atomic mass is 79.9. The van der Waals surface area contributed by atoms with Gasteiger partial charge in [-0.2, -0.15) is 0 Å². The molecule has 0 spiro atoms. The van der Waals surface area contributed by atoms with Crippen molar-refractivity contribution in [2.24, 2.45) is 5.92 Å². The van der Waals surface area contributed by atoms with E-state index >= 15 is 0 Å². The molecule has 1 aliphatic rings. The molecule has 3 rings (SSSR count). The van der Waals surface area contributed by atoms with Crippen molar-refractivity contribution in [3.63, 3.8) is 0 Å². The van der Waals surface area contributed by atoms with Gasteiger partial charge in [-0.15, -0.1) is 0 Å². The van der Waals surface area contributed by atoms with Gasteiger partial charge < -0.3 is 20.3 Å². The van der Waals surface area contributed by atoms with Crippen LogP contribution >= 0.6 is 15.9 Å². The number of halogens is 1. The molecule has 1 aliphatic heterocycles. The normalized spacial score (nSPS) is 17.2. The first-order valence-electron chi connectivity index (χ1n) is 9.48. The van der Waals surface area contributed by atoms with E-state index in [1.807, 2.05) is 0 Å². The number of imidazole rings is 1. The van der Waals surface area contributed by atoms with Gasteiger partial charge >= 0.3 is 6.09 Å². The predicted octanol–water partition coefficient (Wildman–Crippen LogP) is 3.70. The number of nitro groups is 1. The van der Waals surface area contributed by atoms with Crippen molar-refractivity contribution in [1.82, 2.24) is 20.2 Å². The SMILES string of the molecule is CC(C)[C@H](NC(=O)O)C(=O)N1CCC[C@H]1c1ncc(-c2ccc([N+](=O)[O-])c(Br)c2)[nH]1. The third kappa shape index (κ3) is 4.45. The standard InChI is InChI=1S/C19H22BrN5O5/c1-10(2)16(23-19(27)28)18(26)24-7-3-4-15(24)17-21-9-13(22-17)11-5-6-14(25(29)30)12(20)8-11/h5-6,8-10,15-16,23H,3-4,7H2,1-2H3,(H,21,22)(H,27,28)/t15-,16-/m0/s1. The molecule has 0 radical (unpaired) electrons. The van der Waals surface area contributed by atoms with E-state index in [4.69, 9.17) is 5.11 Å². The Morgan fingerprint density at radius 3 is 2.77 bits per heavy atom. The van der Waals surface area contributed by atoms with Crippen molar-refractivity contribution in [2.45, 2.75) is 38.8 Å². The summed E-state index contributed by atoms with van der Waals surface area (Å²) in [6, 6.07) is 3.56. The third-order valence-corrected chi connectivity index (χ3v) is 5.75. The van der Waals surface area contributed by atoms with Gasteiger partial charge in [0.1, 0.15) is 11.9 Å². The van der Waals surface area contributed by atoms with E-state index in [1.54, 1.807) is 37.1 Å². The molecule has 160 valence electrons. The number of carboxylic acid groups (broad SMARTS) is 1. The summed E-state index contributed by atoms with van der Waals surface area (Å²) < 4.78 is 0.360. The Morgan fingerprint density at radius 2 is 2.17 bits per heavy atom. The highest BCUT2D eigenvalue weighted by molar-refractivity contribution is 9.10. The lowest BCUT2D eigenvalue weighted by Gasteiger charge is -2.29.